The lowest BCUT2D eigenvalue weighted by molar-refractivity contribution is -0.384. The maximum atomic E-state index is 10.8. The number of nitrogens with one attached hydrogen (secondary N) is 1. The van der Waals surface area contributed by atoms with Crippen molar-refractivity contribution < 1.29 is 9.66 Å². The van der Waals surface area contributed by atoms with Crippen molar-refractivity contribution in [1.82, 2.24) is 5.32 Å². The molecule has 1 N–H and O–H groups in total. The number of nitro benzene ring substituents is 1. The third-order valence-electron chi connectivity index (χ3n) is 2.32. The van der Waals surface area contributed by atoms with Crippen LogP contribution in [0.2, 0.25) is 0 Å². The summed E-state index contributed by atoms with van der Waals surface area (Å²) in [7, 11) is 0. The average Bonchev–Trinajstić information content (AvgIpc) is 2.26. The first-order chi connectivity index (χ1) is 8.40. The summed E-state index contributed by atoms with van der Waals surface area (Å²) in [5.74, 6) is 0.698. The van der Waals surface area contributed by atoms with Gasteiger partial charge in [0.25, 0.3) is 5.69 Å². The highest BCUT2D eigenvalue weighted by Crippen LogP contribution is 2.25. The number of hydrogen-bond acceptors (Lipinski definition) is 4. The topological polar surface area (TPSA) is 64.4 Å². The van der Waals surface area contributed by atoms with Crippen molar-refractivity contribution >= 4 is 5.69 Å². The number of nitrogens with zero attached hydrogens (tertiary/aromatic N) is 1. The highest BCUT2D eigenvalue weighted by molar-refractivity contribution is 5.43. The van der Waals surface area contributed by atoms with Gasteiger partial charge in [-0.25, -0.2) is 0 Å². The summed E-state index contributed by atoms with van der Waals surface area (Å²) in [5.41, 5.74) is 0.901. The molecule has 0 saturated carbocycles. The van der Waals surface area contributed by atoms with Gasteiger partial charge in [-0.3, -0.25) is 10.1 Å². The molecule has 0 fully saturated rings. The molecule has 1 aromatic carbocycles. The number of hydrogen-bond donors (Lipinski definition) is 1. The van der Waals surface area contributed by atoms with Gasteiger partial charge in [-0.15, -0.1) is 0 Å². The molecule has 0 aromatic heterocycles. The summed E-state index contributed by atoms with van der Waals surface area (Å²) < 4.78 is 5.65. The SMILES string of the molecule is CC(C)NCc1cc([N+](=O)[O-])ccc1OC(C)C. The van der Waals surface area contributed by atoms with E-state index in [-0.39, 0.29) is 11.8 Å². The van der Waals surface area contributed by atoms with Crippen molar-refractivity contribution in [3.05, 3.63) is 33.9 Å². The minimum absolute atomic E-state index is 0.0456. The molecular weight excluding hydrogens is 232 g/mol. The molecule has 18 heavy (non-hydrogen) atoms. The molecule has 0 amide bonds. The van der Waals surface area contributed by atoms with Crippen molar-refractivity contribution in [3.63, 3.8) is 0 Å². The van der Waals surface area contributed by atoms with E-state index in [1.165, 1.54) is 6.07 Å². The van der Waals surface area contributed by atoms with E-state index in [0.29, 0.717) is 18.3 Å². The molecule has 5 heteroatoms. The quantitative estimate of drug-likeness (QED) is 0.624. The first-order valence-electron chi connectivity index (χ1n) is 6.07. The molecule has 0 radical (unpaired) electrons. The summed E-state index contributed by atoms with van der Waals surface area (Å²) in [6.07, 6.45) is 0.0456. The molecule has 0 unspecified atom stereocenters. The van der Waals surface area contributed by atoms with E-state index in [2.05, 4.69) is 5.32 Å². The number of nitro groups is 1. The maximum Gasteiger partial charge on any atom is 0.270 e. The van der Waals surface area contributed by atoms with Crippen molar-refractivity contribution in [1.29, 1.82) is 0 Å². The Kier molecular flexibility index (Phi) is 5.09. The Morgan fingerprint density at radius 2 is 2.00 bits per heavy atom. The fourth-order valence-corrected chi connectivity index (χ4v) is 1.50. The lowest BCUT2D eigenvalue weighted by Crippen LogP contribution is -2.22. The van der Waals surface area contributed by atoms with Crippen LogP contribution in [-0.4, -0.2) is 17.1 Å². The molecule has 0 spiro atoms. The van der Waals surface area contributed by atoms with Crippen LogP contribution >= 0.6 is 0 Å². The van der Waals surface area contributed by atoms with Gasteiger partial charge in [0.1, 0.15) is 5.75 Å². The minimum atomic E-state index is -0.391. The molecule has 0 aliphatic rings. The molecule has 1 rings (SSSR count). The molecule has 5 nitrogen and oxygen atoms in total. The van der Waals surface area contributed by atoms with E-state index in [9.17, 15) is 10.1 Å². The second-order valence-electron chi connectivity index (χ2n) is 4.75. The normalized spacial score (nSPS) is 11.0. The van der Waals surface area contributed by atoms with Crippen LogP contribution in [-0.2, 0) is 6.54 Å². The largest absolute Gasteiger partial charge is 0.491 e. The van der Waals surface area contributed by atoms with E-state index in [1.54, 1.807) is 12.1 Å². The lowest BCUT2D eigenvalue weighted by Gasteiger charge is -2.15. The van der Waals surface area contributed by atoms with E-state index in [1.807, 2.05) is 27.7 Å². The van der Waals surface area contributed by atoms with Crippen molar-refractivity contribution in [3.8, 4) is 5.75 Å². The molecule has 0 saturated heterocycles. The van der Waals surface area contributed by atoms with Crippen LogP contribution in [0.1, 0.15) is 33.3 Å². The number of ether oxygens (including phenoxy) is 1. The van der Waals surface area contributed by atoms with E-state index in [0.717, 1.165) is 5.56 Å². The van der Waals surface area contributed by atoms with E-state index >= 15 is 0 Å². The predicted molar refractivity (Wildman–Crippen MR) is 70.8 cm³/mol. The molecular formula is C13H20N2O3. The number of benzene rings is 1. The summed E-state index contributed by atoms with van der Waals surface area (Å²) in [6, 6.07) is 5.01. The molecule has 0 heterocycles. The molecule has 0 bridgehead atoms. The molecule has 0 aliphatic carbocycles. The third-order valence-corrected chi connectivity index (χ3v) is 2.32. The van der Waals surface area contributed by atoms with Crippen LogP contribution in [0, 0.1) is 10.1 Å². The zero-order chi connectivity index (χ0) is 13.7. The van der Waals surface area contributed by atoms with Crippen LogP contribution in [0.3, 0.4) is 0 Å². The third kappa shape index (κ3) is 4.33. The van der Waals surface area contributed by atoms with Gasteiger partial charge in [-0.1, -0.05) is 13.8 Å². The first-order valence-corrected chi connectivity index (χ1v) is 6.07. The van der Waals surface area contributed by atoms with Gasteiger partial charge < -0.3 is 10.1 Å². The molecule has 0 atom stereocenters. The smallest absolute Gasteiger partial charge is 0.270 e. The van der Waals surface area contributed by atoms with Crippen LogP contribution in [0.25, 0.3) is 0 Å². The fourth-order valence-electron chi connectivity index (χ4n) is 1.50. The second kappa shape index (κ2) is 6.35. The Bertz CT molecular complexity index is 417. The Morgan fingerprint density at radius 3 is 2.50 bits per heavy atom. The van der Waals surface area contributed by atoms with Crippen LogP contribution in [0.5, 0.6) is 5.75 Å². The van der Waals surface area contributed by atoms with E-state index < -0.39 is 4.92 Å². The summed E-state index contributed by atoms with van der Waals surface area (Å²) in [4.78, 5) is 10.4. The predicted octanol–water partition coefficient (Wildman–Crippen LogP) is 2.88. The van der Waals surface area contributed by atoms with Crippen molar-refractivity contribution in [2.45, 2.75) is 46.4 Å². The highest BCUT2D eigenvalue weighted by Gasteiger charge is 2.12. The highest BCUT2D eigenvalue weighted by atomic mass is 16.6. The Labute approximate surface area is 107 Å². The van der Waals surface area contributed by atoms with Gasteiger partial charge in [0, 0.05) is 30.3 Å². The van der Waals surface area contributed by atoms with E-state index in [4.69, 9.17) is 4.74 Å². The summed E-state index contributed by atoms with van der Waals surface area (Å²) in [6.45, 7) is 8.48. The Morgan fingerprint density at radius 1 is 1.33 bits per heavy atom. The van der Waals surface area contributed by atoms with Crippen LogP contribution in [0.4, 0.5) is 5.69 Å². The standard InChI is InChI=1S/C13H20N2O3/c1-9(2)14-8-11-7-12(15(16)17)5-6-13(11)18-10(3)4/h5-7,9-10,14H,8H2,1-4H3. The summed E-state index contributed by atoms with van der Waals surface area (Å²) >= 11 is 0. The first kappa shape index (κ1) is 14.4. The Balaban J connectivity index is 2.97. The van der Waals surface area contributed by atoms with Crippen LogP contribution in [0.15, 0.2) is 18.2 Å². The zero-order valence-electron chi connectivity index (χ0n) is 11.3. The molecule has 0 aliphatic heterocycles. The summed E-state index contributed by atoms with van der Waals surface area (Å²) in [5, 5.41) is 14.0. The van der Waals surface area contributed by atoms with Gasteiger partial charge in [0.15, 0.2) is 0 Å². The molecule has 1 aromatic rings. The fraction of sp³-hybridized carbons (Fsp3) is 0.538. The average molecular weight is 252 g/mol. The van der Waals surface area contributed by atoms with Gasteiger partial charge >= 0.3 is 0 Å². The Hall–Kier alpha value is -1.62. The van der Waals surface area contributed by atoms with Crippen molar-refractivity contribution in [2.75, 3.05) is 0 Å². The van der Waals surface area contributed by atoms with Gasteiger partial charge in [-0.2, -0.15) is 0 Å². The second-order valence-corrected chi connectivity index (χ2v) is 4.75. The van der Waals surface area contributed by atoms with Gasteiger partial charge in [0.2, 0.25) is 0 Å². The van der Waals surface area contributed by atoms with Gasteiger partial charge in [-0.05, 0) is 19.9 Å². The lowest BCUT2D eigenvalue weighted by atomic mass is 10.1. The zero-order valence-corrected chi connectivity index (χ0v) is 11.3. The van der Waals surface area contributed by atoms with Crippen LogP contribution < -0.4 is 10.1 Å². The number of rotatable bonds is 6. The minimum Gasteiger partial charge on any atom is -0.491 e. The van der Waals surface area contributed by atoms with Gasteiger partial charge in [0.05, 0.1) is 11.0 Å². The maximum absolute atomic E-state index is 10.8. The monoisotopic (exact) mass is 252 g/mol. The molecule has 100 valence electrons. The number of non-ortho nitro benzene ring substituents is 1. The van der Waals surface area contributed by atoms with Crippen molar-refractivity contribution in [2.24, 2.45) is 0 Å².